The Morgan fingerprint density at radius 1 is 1.18 bits per heavy atom. The molecule has 0 aliphatic rings. The Kier molecular flexibility index (Phi) is 4.15. The summed E-state index contributed by atoms with van der Waals surface area (Å²) in [5.74, 6) is 0.475. The molecule has 2 rings (SSSR count). The molecule has 1 atom stereocenters. The largest absolute Gasteiger partial charge is 0.382 e. The number of halogens is 1. The van der Waals surface area contributed by atoms with Crippen molar-refractivity contribution in [2.75, 3.05) is 11.9 Å². The number of nitrogens with one attached hydrogen (secondary N) is 1. The van der Waals surface area contributed by atoms with Crippen LogP contribution in [0.25, 0.3) is 0 Å². The van der Waals surface area contributed by atoms with Crippen LogP contribution in [0.15, 0.2) is 53.3 Å². The summed E-state index contributed by atoms with van der Waals surface area (Å²) in [5.41, 5.74) is 2.38. The molecule has 0 radical (unpaired) electrons. The summed E-state index contributed by atoms with van der Waals surface area (Å²) in [7, 11) is 0. The zero-order chi connectivity index (χ0) is 12.1. The van der Waals surface area contributed by atoms with Crippen molar-refractivity contribution in [2.45, 2.75) is 12.8 Å². The number of nitrogens with zero attached hydrogens (tertiary/aromatic N) is 1. The summed E-state index contributed by atoms with van der Waals surface area (Å²) in [5, 5.41) is 3.40. The van der Waals surface area contributed by atoms with Crippen molar-refractivity contribution in [1.82, 2.24) is 4.98 Å². The Labute approximate surface area is 110 Å². The van der Waals surface area contributed by atoms with Crippen molar-refractivity contribution in [3.8, 4) is 0 Å². The minimum atomic E-state index is 0.475. The molecule has 1 heterocycles. The van der Waals surface area contributed by atoms with Crippen molar-refractivity contribution in [1.29, 1.82) is 0 Å². The monoisotopic (exact) mass is 290 g/mol. The molecule has 0 spiro atoms. The third kappa shape index (κ3) is 3.30. The molecule has 88 valence electrons. The summed E-state index contributed by atoms with van der Waals surface area (Å²) in [6.07, 6.45) is 1.77. The molecule has 2 nitrogen and oxygen atoms in total. The average Bonchev–Trinajstić information content (AvgIpc) is 2.38. The number of pyridine rings is 1. The maximum absolute atomic E-state index is 4.18. The van der Waals surface area contributed by atoms with Gasteiger partial charge in [-0.15, -0.1) is 0 Å². The second-order valence-electron chi connectivity index (χ2n) is 4.03. The Morgan fingerprint density at radius 3 is 2.65 bits per heavy atom. The number of hydrogen-bond acceptors (Lipinski definition) is 2. The maximum Gasteiger partial charge on any atom is 0.129 e. The third-order valence-electron chi connectivity index (χ3n) is 2.73. The molecule has 0 saturated carbocycles. The lowest BCUT2D eigenvalue weighted by atomic mass is 10.0. The van der Waals surface area contributed by atoms with Gasteiger partial charge in [0, 0.05) is 12.7 Å². The van der Waals surface area contributed by atoms with E-state index in [2.05, 4.69) is 57.4 Å². The Hall–Kier alpha value is -1.35. The van der Waals surface area contributed by atoms with Gasteiger partial charge in [0.25, 0.3) is 0 Å². The van der Waals surface area contributed by atoms with Gasteiger partial charge in [-0.25, -0.2) is 4.98 Å². The first-order valence-corrected chi connectivity index (χ1v) is 6.46. The van der Waals surface area contributed by atoms with Crippen LogP contribution in [-0.4, -0.2) is 11.5 Å². The van der Waals surface area contributed by atoms with Crippen molar-refractivity contribution >= 4 is 21.6 Å². The molecule has 0 aliphatic heterocycles. The summed E-state index contributed by atoms with van der Waals surface area (Å²) < 4.78 is 0.861. The van der Waals surface area contributed by atoms with Crippen LogP contribution in [0.4, 0.5) is 5.69 Å². The summed E-state index contributed by atoms with van der Waals surface area (Å²) in [6, 6.07) is 14.5. The lowest BCUT2D eigenvalue weighted by Gasteiger charge is -2.14. The van der Waals surface area contributed by atoms with Gasteiger partial charge in [-0.3, -0.25) is 0 Å². The number of hydrogen-bond donors (Lipinski definition) is 1. The van der Waals surface area contributed by atoms with E-state index < -0.39 is 0 Å². The molecule has 1 aromatic carbocycles. The molecule has 0 aliphatic carbocycles. The molecule has 0 fully saturated rings. The van der Waals surface area contributed by atoms with E-state index in [1.165, 1.54) is 5.56 Å². The minimum Gasteiger partial charge on any atom is -0.382 e. The van der Waals surface area contributed by atoms with Crippen LogP contribution < -0.4 is 5.32 Å². The topological polar surface area (TPSA) is 24.9 Å². The molecule has 0 bridgehead atoms. The van der Waals surface area contributed by atoms with E-state index in [-0.39, 0.29) is 0 Å². The Morgan fingerprint density at radius 2 is 1.94 bits per heavy atom. The predicted molar refractivity (Wildman–Crippen MR) is 75.3 cm³/mol. The van der Waals surface area contributed by atoms with Crippen LogP contribution in [0.1, 0.15) is 18.4 Å². The van der Waals surface area contributed by atoms with E-state index in [0.29, 0.717) is 5.92 Å². The highest BCUT2D eigenvalue weighted by atomic mass is 79.9. The minimum absolute atomic E-state index is 0.475. The molecule has 0 amide bonds. The fourth-order valence-corrected chi connectivity index (χ4v) is 2.07. The first kappa shape index (κ1) is 12.1. The van der Waals surface area contributed by atoms with Crippen LogP contribution in [0.5, 0.6) is 0 Å². The molecule has 1 N–H and O–H groups in total. The highest BCUT2D eigenvalue weighted by Crippen LogP contribution is 2.20. The van der Waals surface area contributed by atoms with Gasteiger partial charge in [0.05, 0.1) is 5.69 Å². The van der Waals surface area contributed by atoms with E-state index in [4.69, 9.17) is 0 Å². The van der Waals surface area contributed by atoms with E-state index in [1.807, 2.05) is 18.2 Å². The lowest BCUT2D eigenvalue weighted by Crippen LogP contribution is -2.10. The number of aromatic nitrogens is 1. The van der Waals surface area contributed by atoms with Gasteiger partial charge in [0.15, 0.2) is 0 Å². The fraction of sp³-hybridized carbons (Fsp3) is 0.214. The zero-order valence-electron chi connectivity index (χ0n) is 9.73. The van der Waals surface area contributed by atoms with Crippen molar-refractivity contribution in [3.05, 3.63) is 58.8 Å². The van der Waals surface area contributed by atoms with Crippen LogP contribution in [0, 0.1) is 0 Å². The summed E-state index contributed by atoms with van der Waals surface area (Å²) in [6.45, 7) is 3.11. The SMILES string of the molecule is CC(CNc1cccnc1Br)c1ccccc1. The highest BCUT2D eigenvalue weighted by molar-refractivity contribution is 9.10. The van der Waals surface area contributed by atoms with Gasteiger partial charge in [0.1, 0.15) is 4.60 Å². The fourth-order valence-electron chi connectivity index (χ4n) is 1.68. The van der Waals surface area contributed by atoms with Crippen LogP contribution in [-0.2, 0) is 0 Å². The van der Waals surface area contributed by atoms with Crippen molar-refractivity contribution in [3.63, 3.8) is 0 Å². The highest BCUT2D eigenvalue weighted by Gasteiger charge is 2.05. The van der Waals surface area contributed by atoms with Crippen molar-refractivity contribution in [2.24, 2.45) is 0 Å². The third-order valence-corrected chi connectivity index (χ3v) is 3.36. The van der Waals surface area contributed by atoms with Gasteiger partial charge < -0.3 is 5.32 Å². The van der Waals surface area contributed by atoms with Crippen molar-refractivity contribution < 1.29 is 0 Å². The molecule has 1 unspecified atom stereocenters. The molecular formula is C14H15BrN2. The van der Waals surface area contributed by atoms with Crippen LogP contribution >= 0.6 is 15.9 Å². The number of rotatable bonds is 4. The van der Waals surface area contributed by atoms with Gasteiger partial charge in [-0.05, 0) is 39.5 Å². The van der Waals surface area contributed by atoms with E-state index in [1.54, 1.807) is 6.20 Å². The molecule has 3 heteroatoms. The second kappa shape index (κ2) is 5.82. The van der Waals surface area contributed by atoms with Crippen LogP contribution in [0.3, 0.4) is 0 Å². The zero-order valence-corrected chi connectivity index (χ0v) is 11.3. The predicted octanol–water partition coefficient (Wildman–Crippen LogP) is 4.06. The first-order valence-electron chi connectivity index (χ1n) is 5.66. The van der Waals surface area contributed by atoms with Gasteiger partial charge in [-0.2, -0.15) is 0 Å². The molecule has 1 aromatic heterocycles. The molecular weight excluding hydrogens is 276 g/mol. The smallest absolute Gasteiger partial charge is 0.129 e. The second-order valence-corrected chi connectivity index (χ2v) is 4.79. The maximum atomic E-state index is 4.18. The Bertz CT molecular complexity index is 471. The first-order chi connectivity index (χ1) is 8.27. The van der Waals surface area contributed by atoms with E-state index in [0.717, 1.165) is 16.8 Å². The van der Waals surface area contributed by atoms with Gasteiger partial charge >= 0.3 is 0 Å². The lowest BCUT2D eigenvalue weighted by molar-refractivity contribution is 0.804. The number of anilines is 1. The van der Waals surface area contributed by atoms with E-state index in [9.17, 15) is 0 Å². The average molecular weight is 291 g/mol. The normalized spacial score (nSPS) is 12.1. The molecule has 2 aromatic rings. The van der Waals surface area contributed by atoms with E-state index >= 15 is 0 Å². The number of benzene rings is 1. The summed E-state index contributed by atoms with van der Waals surface area (Å²) >= 11 is 3.43. The van der Waals surface area contributed by atoms with Gasteiger partial charge in [0.2, 0.25) is 0 Å². The molecule has 0 saturated heterocycles. The Balaban J connectivity index is 1.97. The standard InChI is InChI=1S/C14H15BrN2/c1-11(12-6-3-2-4-7-12)10-17-13-8-5-9-16-14(13)15/h2-9,11,17H,10H2,1H3. The van der Waals surface area contributed by atoms with Crippen LogP contribution in [0.2, 0.25) is 0 Å². The molecule has 17 heavy (non-hydrogen) atoms. The summed E-state index contributed by atoms with van der Waals surface area (Å²) in [4.78, 5) is 4.18. The quantitative estimate of drug-likeness (QED) is 0.859. The van der Waals surface area contributed by atoms with Gasteiger partial charge in [-0.1, -0.05) is 37.3 Å².